The first kappa shape index (κ1) is 24.9. The van der Waals surface area contributed by atoms with Crippen LogP contribution < -0.4 is 5.73 Å². The first-order valence-corrected chi connectivity index (χ1v) is 11.2. The van der Waals surface area contributed by atoms with Gasteiger partial charge in [-0.2, -0.15) is 0 Å². The molecule has 31 heavy (non-hydrogen) atoms. The van der Waals surface area contributed by atoms with Crippen LogP contribution in [0.5, 0.6) is 0 Å². The van der Waals surface area contributed by atoms with Crippen molar-refractivity contribution in [3.05, 3.63) is 12.4 Å². The molecule has 0 spiro atoms. The Labute approximate surface area is 190 Å². The van der Waals surface area contributed by atoms with E-state index in [0.29, 0.717) is 35.0 Å². The Morgan fingerprint density at radius 3 is 2.06 bits per heavy atom. The summed E-state index contributed by atoms with van der Waals surface area (Å²) in [5.41, 5.74) is 5.70. The normalized spacial score (nSPS) is 12.9. The molecule has 0 bridgehead atoms. The summed E-state index contributed by atoms with van der Waals surface area (Å²) in [6, 6.07) is 0. The van der Waals surface area contributed by atoms with Gasteiger partial charge in [0.05, 0.1) is 23.9 Å². The van der Waals surface area contributed by atoms with Crippen LogP contribution in [0.3, 0.4) is 0 Å². The average Bonchev–Trinajstić information content (AvgIpc) is 3.31. The fraction of sp³-hybridized carbons (Fsp3) is 0.625. The number of likely N-dealkylation sites (N-methyl/N-ethyl adjacent to an activating group) is 2. The summed E-state index contributed by atoms with van der Waals surface area (Å²) in [7, 11) is 8.00. The minimum atomic E-state index is 0.181. The lowest BCUT2D eigenvalue weighted by atomic mass is 10.6. The quantitative estimate of drug-likeness (QED) is 0.269. The third kappa shape index (κ3) is 9.12. The molecule has 2 aromatic rings. The second kappa shape index (κ2) is 12.5. The summed E-state index contributed by atoms with van der Waals surface area (Å²) >= 11 is 2.80. The largest absolute Gasteiger partial charge is 0.384 e. The fourth-order valence-electron chi connectivity index (χ4n) is 2.16. The molecule has 2 aromatic heterocycles. The molecular weight excluding hydrogens is 438 g/mol. The highest BCUT2D eigenvalue weighted by Crippen LogP contribution is 2.18. The van der Waals surface area contributed by atoms with Gasteiger partial charge in [-0.05, 0) is 67.7 Å². The third-order valence-corrected chi connectivity index (χ3v) is 5.46. The van der Waals surface area contributed by atoms with Gasteiger partial charge < -0.3 is 15.5 Å². The Bertz CT molecular complexity index is 899. The second-order valence-corrected chi connectivity index (χ2v) is 9.12. The predicted octanol–water partition coefficient (Wildman–Crippen LogP) is -0.0860. The van der Waals surface area contributed by atoms with E-state index in [2.05, 4.69) is 57.4 Å². The summed E-state index contributed by atoms with van der Waals surface area (Å²) in [5.74, 6) is 1.12. The number of thioether (sulfide) groups is 2. The number of aliphatic imine (C=N–C) groups is 2. The molecule has 0 saturated heterocycles. The van der Waals surface area contributed by atoms with Gasteiger partial charge in [-0.1, -0.05) is 18.3 Å². The number of rotatable bonds is 11. The van der Waals surface area contributed by atoms with Crippen molar-refractivity contribution in [3.63, 3.8) is 0 Å². The van der Waals surface area contributed by atoms with Crippen LogP contribution in [0.1, 0.15) is 6.92 Å². The monoisotopic (exact) mass is 467 g/mol. The molecular formula is C16H29N13S2. The molecule has 170 valence electrons. The molecule has 0 aliphatic carbocycles. The van der Waals surface area contributed by atoms with E-state index in [9.17, 15) is 0 Å². The Morgan fingerprint density at radius 2 is 1.52 bits per heavy atom. The van der Waals surface area contributed by atoms with Gasteiger partial charge in [-0.25, -0.2) is 19.3 Å². The van der Waals surface area contributed by atoms with E-state index < -0.39 is 0 Å². The summed E-state index contributed by atoms with van der Waals surface area (Å²) in [6.45, 7) is 8.55. The van der Waals surface area contributed by atoms with Crippen molar-refractivity contribution < 1.29 is 0 Å². The summed E-state index contributed by atoms with van der Waals surface area (Å²) in [5, 5.41) is 25.8. The van der Waals surface area contributed by atoms with E-state index in [1.54, 1.807) is 9.36 Å². The highest BCUT2D eigenvalue weighted by molar-refractivity contribution is 8.13. The number of aromatic nitrogens is 8. The SMILES string of the molecule is C=C(N)/N=C(CSc1nnnn1CCN(C)C)\N=C(/C)Sc1nnnn1CCN(C)C. The molecule has 0 unspecified atom stereocenters. The molecule has 0 fully saturated rings. The van der Waals surface area contributed by atoms with E-state index in [4.69, 9.17) is 5.73 Å². The zero-order valence-electron chi connectivity index (χ0n) is 18.5. The Morgan fingerprint density at radius 1 is 0.968 bits per heavy atom. The van der Waals surface area contributed by atoms with Crippen LogP contribution in [0.15, 0.2) is 32.7 Å². The van der Waals surface area contributed by atoms with Gasteiger partial charge in [0, 0.05) is 13.1 Å². The summed E-state index contributed by atoms with van der Waals surface area (Å²) < 4.78 is 3.50. The molecule has 0 atom stereocenters. The van der Waals surface area contributed by atoms with Crippen LogP contribution in [-0.4, -0.2) is 108 Å². The summed E-state index contributed by atoms with van der Waals surface area (Å²) in [6.07, 6.45) is 0. The first-order valence-electron chi connectivity index (χ1n) is 9.44. The minimum absolute atomic E-state index is 0.181. The van der Waals surface area contributed by atoms with Crippen molar-refractivity contribution in [1.82, 2.24) is 50.2 Å². The fourth-order valence-corrected chi connectivity index (χ4v) is 3.64. The highest BCUT2D eigenvalue weighted by Gasteiger charge is 2.12. The first-order chi connectivity index (χ1) is 14.7. The van der Waals surface area contributed by atoms with Crippen molar-refractivity contribution in [2.75, 3.05) is 47.0 Å². The molecule has 0 aliphatic heterocycles. The molecule has 0 saturated carbocycles. The number of tetrazole rings is 2. The molecule has 0 aromatic carbocycles. The molecule has 15 heteroatoms. The van der Waals surface area contributed by atoms with Crippen LogP contribution in [0.2, 0.25) is 0 Å². The van der Waals surface area contributed by atoms with Gasteiger partial charge in [-0.3, -0.25) is 0 Å². The number of hydrogen-bond donors (Lipinski definition) is 1. The smallest absolute Gasteiger partial charge is 0.215 e. The van der Waals surface area contributed by atoms with Crippen molar-refractivity contribution in [2.45, 2.75) is 30.3 Å². The van der Waals surface area contributed by atoms with Crippen molar-refractivity contribution in [1.29, 1.82) is 0 Å². The maximum atomic E-state index is 5.70. The summed E-state index contributed by atoms with van der Waals surface area (Å²) in [4.78, 5) is 13.0. The van der Waals surface area contributed by atoms with Crippen LogP contribution >= 0.6 is 23.5 Å². The van der Waals surface area contributed by atoms with E-state index in [-0.39, 0.29) is 5.82 Å². The zero-order chi connectivity index (χ0) is 22.8. The number of hydrogen-bond acceptors (Lipinski definition) is 12. The Hall–Kier alpha value is -2.36. The van der Waals surface area contributed by atoms with Crippen LogP contribution in [0.4, 0.5) is 0 Å². The van der Waals surface area contributed by atoms with E-state index in [1.807, 2.05) is 35.1 Å². The zero-order valence-corrected chi connectivity index (χ0v) is 20.1. The van der Waals surface area contributed by atoms with E-state index >= 15 is 0 Å². The van der Waals surface area contributed by atoms with E-state index in [0.717, 1.165) is 18.1 Å². The lowest BCUT2D eigenvalue weighted by molar-refractivity contribution is 0.361. The molecule has 2 N–H and O–H groups in total. The van der Waals surface area contributed by atoms with Crippen LogP contribution in [0.25, 0.3) is 0 Å². The maximum Gasteiger partial charge on any atom is 0.215 e. The third-order valence-electron chi connectivity index (χ3n) is 3.64. The lowest BCUT2D eigenvalue weighted by Gasteiger charge is -2.10. The van der Waals surface area contributed by atoms with Gasteiger partial charge in [0.15, 0.2) is 0 Å². The number of nitrogens with zero attached hydrogens (tertiary/aromatic N) is 12. The maximum absolute atomic E-state index is 5.70. The molecule has 0 amide bonds. The lowest BCUT2D eigenvalue weighted by Crippen LogP contribution is -2.19. The minimum Gasteiger partial charge on any atom is -0.384 e. The molecule has 13 nitrogen and oxygen atoms in total. The van der Waals surface area contributed by atoms with Crippen molar-refractivity contribution in [2.24, 2.45) is 15.7 Å². The van der Waals surface area contributed by atoms with Gasteiger partial charge in [0.25, 0.3) is 0 Å². The van der Waals surface area contributed by atoms with Gasteiger partial charge in [0.1, 0.15) is 11.7 Å². The van der Waals surface area contributed by atoms with Crippen molar-refractivity contribution in [3.8, 4) is 0 Å². The number of nitrogens with two attached hydrogens (primary N) is 1. The second-order valence-electron chi connectivity index (χ2n) is 7.02. The highest BCUT2D eigenvalue weighted by atomic mass is 32.2. The molecule has 0 radical (unpaired) electrons. The number of amidine groups is 1. The van der Waals surface area contributed by atoms with Gasteiger partial charge >= 0.3 is 0 Å². The predicted molar refractivity (Wildman–Crippen MR) is 123 cm³/mol. The van der Waals surface area contributed by atoms with Crippen LogP contribution in [-0.2, 0) is 13.1 Å². The van der Waals surface area contributed by atoms with E-state index in [1.165, 1.54) is 23.5 Å². The van der Waals surface area contributed by atoms with Crippen LogP contribution in [0, 0.1) is 0 Å². The topological polar surface area (TPSA) is 144 Å². The van der Waals surface area contributed by atoms with Gasteiger partial charge in [0.2, 0.25) is 10.3 Å². The average molecular weight is 468 g/mol. The molecule has 2 rings (SSSR count). The molecule has 2 heterocycles. The Kier molecular flexibility index (Phi) is 10.0. The Balaban J connectivity index is 2.05. The van der Waals surface area contributed by atoms with Crippen molar-refractivity contribution >= 4 is 34.4 Å². The molecule has 0 aliphatic rings. The standard InChI is InChI=1S/C16H29N13S2/c1-12(17)18-14(11-30-15-20-22-24-28(15)9-7-26(3)4)19-13(2)31-16-21-23-25-29(16)10-8-27(5)6/h1,7-11,17H2,2-6H3/b18-14-,19-13+. The van der Waals surface area contributed by atoms with Gasteiger partial charge in [-0.15, -0.1) is 10.2 Å².